The molecule has 158 valence electrons. The van der Waals surface area contributed by atoms with Crippen molar-refractivity contribution < 1.29 is 14.3 Å². The molecule has 0 aliphatic carbocycles. The number of thiazole rings is 1. The summed E-state index contributed by atoms with van der Waals surface area (Å²) < 4.78 is 12.6. The minimum atomic E-state index is -0.317. The summed E-state index contributed by atoms with van der Waals surface area (Å²) >= 11 is 1.47. The van der Waals surface area contributed by atoms with Gasteiger partial charge in [-0.3, -0.25) is 10.1 Å². The quantitative estimate of drug-likeness (QED) is 0.422. The average Bonchev–Trinajstić information content (AvgIpc) is 3.34. The molecule has 0 aliphatic rings. The Morgan fingerprint density at radius 2 is 2.00 bits per heavy atom. The molecule has 0 aliphatic heterocycles. The van der Waals surface area contributed by atoms with Gasteiger partial charge in [0.25, 0.3) is 11.9 Å². The van der Waals surface area contributed by atoms with E-state index in [1.165, 1.54) is 23.0 Å². The smallest absolute Gasteiger partial charge is 0.250 e. The predicted molar refractivity (Wildman–Crippen MR) is 123 cm³/mol. The van der Waals surface area contributed by atoms with Crippen LogP contribution in [-0.4, -0.2) is 34.2 Å². The fraction of sp³-hybridized carbons (Fsp3) is 0.174. The lowest BCUT2D eigenvalue weighted by Gasteiger charge is -2.09. The molecule has 0 saturated heterocycles. The number of anilines is 1. The Bertz CT molecular complexity index is 1240. The fourth-order valence-corrected chi connectivity index (χ4v) is 3.87. The Morgan fingerprint density at radius 1 is 1.19 bits per heavy atom. The Morgan fingerprint density at radius 3 is 2.74 bits per heavy atom. The molecule has 2 aromatic carbocycles. The van der Waals surface area contributed by atoms with Crippen LogP contribution in [-0.2, 0) is 4.79 Å². The molecular formula is C23H22N4O3S. The van der Waals surface area contributed by atoms with Crippen LogP contribution in [0.15, 0.2) is 53.9 Å². The number of benzene rings is 2. The van der Waals surface area contributed by atoms with Gasteiger partial charge in [0.1, 0.15) is 0 Å². The number of hydrogen-bond donors (Lipinski definition) is 1. The van der Waals surface area contributed by atoms with E-state index in [9.17, 15) is 4.79 Å². The molecule has 2 heterocycles. The number of fused-ring (bicyclic) bond motifs is 1. The van der Waals surface area contributed by atoms with Crippen molar-refractivity contribution in [3.05, 3.63) is 65.0 Å². The van der Waals surface area contributed by atoms with E-state index < -0.39 is 0 Å². The van der Waals surface area contributed by atoms with Crippen LogP contribution in [0.4, 0.5) is 5.95 Å². The van der Waals surface area contributed by atoms with Crippen LogP contribution < -0.4 is 14.8 Å². The number of ether oxygens (including phenoxy) is 2. The molecule has 4 aromatic rings. The van der Waals surface area contributed by atoms with Crippen molar-refractivity contribution in [2.24, 2.45) is 0 Å². The number of hydrogen-bond acceptors (Lipinski definition) is 6. The third-order valence-corrected chi connectivity index (χ3v) is 5.39. The van der Waals surface area contributed by atoms with Crippen LogP contribution in [0.5, 0.6) is 11.5 Å². The molecule has 0 atom stereocenters. The minimum absolute atomic E-state index is 0.263. The van der Waals surface area contributed by atoms with Gasteiger partial charge in [0.15, 0.2) is 11.5 Å². The van der Waals surface area contributed by atoms with Gasteiger partial charge in [-0.05, 0) is 37.6 Å². The number of aryl methyl sites for hydroxylation is 1. The number of carbonyl (C=O) groups is 1. The summed E-state index contributed by atoms with van der Waals surface area (Å²) in [6.45, 7) is 4.51. The highest BCUT2D eigenvalue weighted by molar-refractivity contribution is 7.15. The van der Waals surface area contributed by atoms with Gasteiger partial charge in [-0.15, -0.1) is 16.4 Å². The van der Waals surface area contributed by atoms with Crippen LogP contribution in [0.2, 0.25) is 0 Å². The molecule has 7 nitrogen and oxygen atoms in total. The monoisotopic (exact) mass is 434 g/mol. The average molecular weight is 435 g/mol. The molecule has 0 radical (unpaired) electrons. The van der Waals surface area contributed by atoms with Crippen LogP contribution in [0.1, 0.15) is 18.1 Å². The Balaban J connectivity index is 1.48. The lowest BCUT2D eigenvalue weighted by molar-refractivity contribution is -0.111. The highest BCUT2D eigenvalue weighted by Gasteiger charge is 2.12. The summed E-state index contributed by atoms with van der Waals surface area (Å²) in [6.07, 6.45) is 3.13. The zero-order chi connectivity index (χ0) is 21.8. The van der Waals surface area contributed by atoms with Gasteiger partial charge >= 0.3 is 0 Å². The van der Waals surface area contributed by atoms with E-state index in [1.54, 1.807) is 17.7 Å². The van der Waals surface area contributed by atoms with Gasteiger partial charge in [0.2, 0.25) is 4.96 Å². The maximum absolute atomic E-state index is 12.4. The van der Waals surface area contributed by atoms with Gasteiger partial charge in [0, 0.05) is 17.0 Å². The maximum Gasteiger partial charge on any atom is 0.250 e. The SMILES string of the molecule is CCOc1ccc(/C=C/C(=O)Nc2nc3scc(-c4ccc(C)cc4)n3n2)cc1OC. The maximum atomic E-state index is 12.4. The van der Waals surface area contributed by atoms with Crippen LogP contribution in [0.3, 0.4) is 0 Å². The molecule has 31 heavy (non-hydrogen) atoms. The zero-order valence-electron chi connectivity index (χ0n) is 17.5. The summed E-state index contributed by atoms with van der Waals surface area (Å²) in [5.74, 6) is 1.23. The number of nitrogens with zero attached hydrogens (tertiary/aromatic N) is 3. The predicted octanol–water partition coefficient (Wildman–Crippen LogP) is 4.83. The molecule has 8 heteroatoms. The lowest BCUT2D eigenvalue weighted by Crippen LogP contribution is -2.09. The number of nitrogens with one attached hydrogen (secondary N) is 1. The van der Waals surface area contributed by atoms with Gasteiger partial charge in [-0.1, -0.05) is 35.9 Å². The topological polar surface area (TPSA) is 77.8 Å². The zero-order valence-corrected chi connectivity index (χ0v) is 18.3. The Hall–Kier alpha value is -3.65. The van der Waals surface area contributed by atoms with E-state index in [2.05, 4.69) is 27.5 Å². The normalized spacial score (nSPS) is 11.2. The first kappa shape index (κ1) is 20.6. The van der Waals surface area contributed by atoms with Crippen LogP contribution in [0, 0.1) is 6.92 Å². The van der Waals surface area contributed by atoms with E-state index in [0.717, 1.165) is 16.8 Å². The number of amides is 1. The van der Waals surface area contributed by atoms with E-state index in [4.69, 9.17) is 9.47 Å². The first-order chi connectivity index (χ1) is 15.1. The summed E-state index contributed by atoms with van der Waals surface area (Å²) in [5, 5.41) is 9.16. The van der Waals surface area contributed by atoms with Crippen molar-refractivity contribution in [3.63, 3.8) is 0 Å². The summed E-state index contributed by atoms with van der Waals surface area (Å²) in [6, 6.07) is 13.7. The number of carbonyl (C=O) groups excluding carboxylic acids is 1. The highest BCUT2D eigenvalue weighted by Crippen LogP contribution is 2.29. The van der Waals surface area contributed by atoms with Gasteiger partial charge in [-0.2, -0.15) is 4.98 Å². The van der Waals surface area contributed by atoms with E-state index in [1.807, 2.05) is 49.6 Å². The molecule has 0 fully saturated rings. The lowest BCUT2D eigenvalue weighted by atomic mass is 10.1. The Kier molecular flexibility index (Phi) is 5.99. The molecular weight excluding hydrogens is 412 g/mol. The van der Waals surface area contributed by atoms with Crippen molar-refractivity contribution in [2.45, 2.75) is 13.8 Å². The minimum Gasteiger partial charge on any atom is -0.493 e. The van der Waals surface area contributed by atoms with Crippen LogP contribution in [0.25, 0.3) is 22.3 Å². The van der Waals surface area contributed by atoms with E-state index in [-0.39, 0.29) is 11.9 Å². The molecule has 1 amide bonds. The van der Waals surface area contributed by atoms with Gasteiger partial charge in [0.05, 0.1) is 19.4 Å². The molecule has 0 saturated carbocycles. The second kappa shape index (κ2) is 9.01. The Labute approximate surface area is 184 Å². The second-order valence-electron chi connectivity index (χ2n) is 6.78. The third kappa shape index (κ3) is 4.59. The molecule has 1 N–H and O–H groups in total. The van der Waals surface area contributed by atoms with Gasteiger partial charge in [-0.25, -0.2) is 4.52 Å². The number of aromatic nitrogens is 3. The largest absolute Gasteiger partial charge is 0.493 e. The van der Waals surface area contributed by atoms with E-state index in [0.29, 0.717) is 23.1 Å². The highest BCUT2D eigenvalue weighted by atomic mass is 32.1. The molecule has 0 unspecified atom stereocenters. The third-order valence-electron chi connectivity index (χ3n) is 4.58. The fourth-order valence-electron chi connectivity index (χ4n) is 3.04. The second-order valence-corrected chi connectivity index (χ2v) is 7.62. The van der Waals surface area contributed by atoms with Crippen molar-refractivity contribution >= 4 is 34.2 Å². The number of methoxy groups -OCH3 is 1. The summed E-state index contributed by atoms with van der Waals surface area (Å²) in [7, 11) is 1.58. The molecule has 2 aromatic heterocycles. The van der Waals surface area contributed by atoms with Gasteiger partial charge < -0.3 is 9.47 Å². The van der Waals surface area contributed by atoms with E-state index >= 15 is 0 Å². The molecule has 4 rings (SSSR count). The molecule has 0 bridgehead atoms. The van der Waals surface area contributed by atoms with Crippen molar-refractivity contribution in [2.75, 3.05) is 19.0 Å². The first-order valence-corrected chi connectivity index (χ1v) is 10.7. The van der Waals surface area contributed by atoms with Crippen molar-refractivity contribution in [1.29, 1.82) is 0 Å². The first-order valence-electron chi connectivity index (χ1n) is 9.78. The summed E-state index contributed by atoms with van der Waals surface area (Å²) in [4.78, 5) is 17.5. The summed E-state index contributed by atoms with van der Waals surface area (Å²) in [5.41, 5.74) is 3.99. The molecule has 0 spiro atoms. The van der Waals surface area contributed by atoms with Crippen LogP contribution >= 0.6 is 11.3 Å². The van der Waals surface area contributed by atoms with Crippen molar-refractivity contribution in [3.8, 4) is 22.8 Å². The van der Waals surface area contributed by atoms with Crippen molar-refractivity contribution in [1.82, 2.24) is 14.6 Å². The standard InChI is InChI=1S/C23H22N4O3S/c1-4-30-19-11-7-16(13-20(19)29-3)8-12-21(28)24-22-25-23-27(26-22)18(14-31-23)17-9-5-15(2)6-10-17/h5-14H,4H2,1-3H3,(H,24,26,28)/b12-8+. The number of rotatable bonds is 7.